The molecule has 3 aromatic carbocycles. The largest absolute Gasteiger partial charge is 0.507 e. The summed E-state index contributed by atoms with van der Waals surface area (Å²) in [5, 5.41) is 53.9. The SMILES string of the molecule is COC(=O)c1ccc(O)c(Nc2cc(O)c(-c3c(O)cc(C)cc3O)c(O)c2)c1. The highest BCUT2D eigenvalue weighted by Gasteiger charge is 2.20. The molecule has 3 aromatic rings. The fraction of sp³-hybridized carbons (Fsp3) is 0.0952. The lowest BCUT2D eigenvalue weighted by molar-refractivity contribution is 0.0600. The molecule has 0 aromatic heterocycles. The quantitative estimate of drug-likeness (QED) is 0.289. The summed E-state index contributed by atoms with van der Waals surface area (Å²) in [5.74, 6) is -2.24. The highest BCUT2D eigenvalue weighted by atomic mass is 16.5. The first kappa shape index (κ1) is 19.7. The number of anilines is 2. The Bertz CT molecular complexity index is 1060. The van der Waals surface area contributed by atoms with Gasteiger partial charge in [0.1, 0.15) is 28.7 Å². The van der Waals surface area contributed by atoms with Crippen LogP contribution in [0.2, 0.25) is 0 Å². The van der Waals surface area contributed by atoms with E-state index in [1.807, 2.05) is 0 Å². The third-order valence-corrected chi connectivity index (χ3v) is 4.28. The predicted molar refractivity (Wildman–Crippen MR) is 106 cm³/mol. The first-order valence-electron chi connectivity index (χ1n) is 8.48. The first-order valence-corrected chi connectivity index (χ1v) is 8.48. The molecule has 0 spiro atoms. The monoisotopic (exact) mass is 397 g/mol. The molecule has 0 radical (unpaired) electrons. The number of hydrogen-bond donors (Lipinski definition) is 6. The predicted octanol–water partition coefficient (Wildman–Crippen LogP) is 3.72. The van der Waals surface area contributed by atoms with E-state index in [2.05, 4.69) is 10.1 Å². The highest BCUT2D eigenvalue weighted by Crippen LogP contribution is 2.48. The average Bonchev–Trinajstić information content (AvgIpc) is 2.64. The van der Waals surface area contributed by atoms with Crippen molar-refractivity contribution in [2.45, 2.75) is 6.92 Å². The smallest absolute Gasteiger partial charge is 0.337 e. The van der Waals surface area contributed by atoms with Crippen LogP contribution in [0, 0.1) is 6.92 Å². The Morgan fingerprint density at radius 3 is 1.83 bits per heavy atom. The minimum absolute atomic E-state index is 0.118. The maximum Gasteiger partial charge on any atom is 0.337 e. The van der Waals surface area contributed by atoms with Crippen molar-refractivity contribution in [2.75, 3.05) is 12.4 Å². The average molecular weight is 397 g/mol. The van der Waals surface area contributed by atoms with Crippen LogP contribution in [0.1, 0.15) is 15.9 Å². The van der Waals surface area contributed by atoms with Gasteiger partial charge in [-0.05, 0) is 42.8 Å². The Morgan fingerprint density at radius 1 is 0.793 bits per heavy atom. The van der Waals surface area contributed by atoms with Crippen molar-refractivity contribution >= 4 is 17.3 Å². The second-order valence-corrected chi connectivity index (χ2v) is 6.42. The zero-order valence-electron chi connectivity index (χ0n) is 15.6. The fourth-order valence-electron chi connectivity index (χ4n) is 2.98. The van der Waals surface area contributed by atoms with Crippen LogP contribution >= 0.6 is 0 Å². The third-order valence-electron chi connectivity index (χ3n) is 4.28. The summed E-state index contributed by atoms with van der Waals surface area (Å²) in [5.41, 5.74) is 0.841. The van der Waals surface area contributed by atoms with Gasteiger partial charge in [0, 0.05) is 17.8 Å². The van der Waals surface area contributed by atoms with E-state index in [0.29, 0.717) is 5.56 Å². The molecule has 6 N–H and O–H groups in total. The van der Waals surface area contributed by atoms with E-state index in [1.54, 1.807) is 6.92 Å². The lowest BCUT2D eigenvalue weighted by atomic mass is 9.99. The van der Waals surface area contributed by atoms with Crippen molar-refractivity contribution in [1.82, 2.24) is 0 Å². The standard InChI is InChI=1S/C21H19NO7/c1-10-5-15(24)19(16(25)6-10)20-17(26)8-12(9-18(20)27)22-13-7-11(21(28)29-2)3-4-14(13)23/h3-9,22-27H,1-2H3. The number of aromatic hydroxyl groups is 5. The van der Waals surface area contributed by atoms with Gasteiger partial charge < -0.3 is 35.6 Å². The Kier molecular flexibility index (Phi) is 5.10. The van der Waals surface area contributed by atoms with Gasteiger partial charge in [-0.2, -0.15) is 0 Å². The number of esters is 1. The van der Waals surface area contributed by atoms with Crippen LogP contribution in [0.5, 0.6) is 28.7 Å². The second-order valence-electron chi connectivity index (χ2n) is 6.42. The number of hydrogen-bond acceptors (Lipinski definition) is 8. The molecule has 0 saturated carbocycles. The maximum atomic E-state index is 11.7. The number of benzene rings is 3. The van der Waals surface area contributed by atoms with Crippen LogP contribution in [-0.4, -0.2) is 38.6 Å². The lowest BCUT2D eigenvalue weighted by Crippen LogP contribution is -2.02. The van der Waals surface area contributed by atoms with Crippen molar-refractivity contribution in [3.8, 4) is 39.9 Å². The van der Waals surface area contributed by atoms with E-state index >= 15 is 0 Å². The molecule has 0 fully saturated rings. The van der Waals surface area contributed by atoms with Gasteiger partial charge in [-0.15, -0.1) is 0 Å². The second kappa shape index (κ2) is 7.51. The van der Waals surface area contributed by atoms with Gasteiger partial charge in [0.25, 0.3) is 0 Å². The lowest BCUT2D eigenvalue weighted by Gasteiger charge is -2.15. The maximum absolute atomic E-state index is 11.7. The van der Waals surface area contributed by atoms with Crippen LogP contribution < -0.4 is 5.32 Å². The minimum Gasteiger partial charge on any atom is -0.507 e. The highest BCUT2D eigenvalue weighted by molar-refractivity contribution is 5.92. The summed E-state index contributed by atoms with van der Waals surface area (Å²) in [7, 11) is 1.23. The van der Waals surface area contributed by atoms with Crippen LogP contribution in [0.15, 0.2) is 42.5 Å². The molecule has 0 aliphatic carbocycles. The van der Waals surface area contributed by atoms with E-state index in [4.69, 9.17) is 0 Å². The summed E-state index contributed by atoms with van der Waals surface area (Å²) in [4.78, 5) is 11.7. The number of methoxy groups -OCH3 is 1. The number of aryl methyl sites for hydroxylation is 1. The normalized spacial score (nSPS) is 10.6. The third kappa shape index (κ3) is 3.81. The van der Waals surface area contributed by atoms with E-state index in [0.717, 1.165) is 0 Å². The van der Waals surface area contributed by atoms with Gasteiger partial charge in [0.15, 0.2) is 0 Å². The van der Waals surface area contributed by atoms with Crippen molar-refractivity contribution in [3.63, 3.8) is 0 Å². The summed E-state index contributed by atoms with van der Waals surface area (Å²) in [6.07, 6.45) is 0. The van der Waals surface area contributed by atoms with Crippen molar-refractivity contribution in [3.05, 3.63) is 53.6 Å². The van der Waals surface area contributed by atoms with E-state index in [-0.39, 0.29) is 45.3 Å². The molecule has 0 saturated heterocycles. The zero-order valence-corrected chi connectivity index (χ0v) is 15.6. The molecule has 0 amide bonds. The Morgan fingerprint density at radius 2 is 1.31 bits per heavy atom. The first-order chi connectivity index (χ1) is 13.7. The molecule has 8 heteroatoms. The van der Waals surface area contributed by atoms with Gasteiger partial charge >= 0.3 is 5.97 Å². The molecule has 0 atom stereocenters. The number of phenols is 5. The molecule has 29 heavy (non-hydrogen) atoms. The van der Waals surface area contributed by atoms with Gasteiger partial charge in [-0.3, -0.25) is 0 Å². The van der Waals surface area contributed by atoms with Gasteiger partial charge in [-0.25, -0.2) is 4.79 Å². The topological polar surface area (TPSA) is 139 Å². The molecule has 8 nitrogen and oxygen atoms in total. The van der Waals surface area contributed by atoms with Crippen molar-refractivity contribution in [2.24, 2.45) is 0 Å². The van der Waals surface area contributed by atoms with Crippen LogP contribution in [-0.2, 0) is 4.74 Å². The molecule has 0 heterocycles. The zero-order chi connectivity index (χ0) is 21.3. The van der Waals surface area contributed by atoms with Gasteiger partial charge in [-0.1, -0.05) is 0 Å². The van der Waals surface area contributed by atoms with Gasteiger partial charge in [0.05, 0.1) is 29.5 Å². The summed E-state index contributed by atoms with van der Waals surface area (Å²) in [6.45, 7) is 1.67. The number of carbonyl (C=O) groups excluding carboxylic acids is 1. The number of nitrogens with one attached hydrogen (secondary N) is 1. The summed E-state index contributed by atoms with van der Waals surface area (Å²) < 4.78 is 4.64. The van der Waals surface area contributed by atoms with E-state index < -0.39 is 17.5 Å². The van der Waals surface area contributed by atoms with Crippen molar-refractivity contribution in [1.29, 1.82) is 0 Å². The molecule has 3 rings (SSSR count). The molecule has 0 aliphatic heterocycles. The molecular weight excluding hydrogens is 378 g/mol. The molecule has 0 bridgehead atoms. The fourth-order valence-corrected chi connectivity index (χ4v) is 2.98. The Labute approximate surface area is 165 Å². The molecule has 150 valence electrons. The number of ether oxygens (including phenoxy) is 1. The van der Waals surface area contributed by atoms with Crippen LogP contribution in [0.4, 0.5) is 11.4 Å². The summed E-state index contributed by atoms with van der Waals surface area (Å²) >= 11 is 0. The number of phenolic OH excluding ortho intramolecular Hbond substituents is 5. The van der Waals surface area contributed by atoms with E-state index in [1.165, 1.54) is 49.6 Å². The van der Waals surface area contributed by atoms with Crippen molar-refractivity contribution < 1.29 is 35.1 Å². The molecular formula is C21H19NO7. The van der Waals surface area contributed by atoms with Crippen LogP contribution in [0.25, 0.3) is 11.1 Å². The Hall–Kier alpha value is -4.07. The minimum atomic E-state index is -0.598. The number of carbonyl (C=O) groups is 1. The number of rotatable bonds is 4. The van der Waals surface area contributed by atoms with Crippen LogP contribution in [0.3, 0.4) is 0 Å². The van der Waals surface area contributed by atoms with E-state index in [9.17, 15) is 30.3 Å². The summed E-state index contributed by atoms with van der Waals surface area (Å²) in [6, 6.07) is 9.27. The van der Waals surface area contributed by atoms with Gasteiger partial charge in [0.2, 0.25) is 0 Å². The Balaban J connectivity index is 2.03. The molecule has 0 unspecified atom stereocenters. The molecule has 0 aliphatic rings.